The fourth-order valence-electron chi connectivity index (χ4n) is 2.94. The molecule has 0 aliphatic carbocycles. The summed E-state index contributed by atoms with van der Waals surface area (Å²) in [4.78, 5) is 12.9. The molecular weight excluding hydrogens is 290 g/mol. The third kappa shape index (κ3) is 4.66. The van der Waals surface area contributed by atoms with Crippen molar-refractivity contribution in [3.05, 3.63) is 39.9 Å². The Morgan fingerprint density at radius 2 is 2.10 bits per heavy atom. The molecule has 1 saturated heterocycles. The Morgan fingerprint density at radius 1 is 1.43 bits per heavy atom. The van der Waals surface area contributed by atoms with Gasteiger partial charge >= 0.3 is 0 Å². The van der Waals surface area contributed by atoms with Gasteiger partial charge in [0.15, 0.2) is 0 Å². The van der Waals surface area contributed by atoms with Crippen LogP contribution in [0.5, 0.6) is 0 Å². The Kier molecular flexibility index (Phi) is 7.08. The largest absolute Gasteiger partial charge is 0.319 e. The number of hydrogen-bond acceptors (Lipinski definition) is 4. The van der Waals surface area contributed by atoms with Gasteiger partial charge in [0.05, 0.1) is 4.92 Å². The van der Waals surface area contributed by atoms with E-state index in [4.69, 9.17) is 0 Å². The zero-order valence-electron chi connectivity index (χ0n) is 12.6. The van der Waals surface area contributed by atoms with Gasteiger partial charge in [0.2, 0.25) is 0 Å². The molecule has 1 atom stereocenters. The lowest BCUT2D eigenvalue weighted by Gasteiger charge is -2.36. The van der Waals surface area contributed by atoms with Crippen LogP contribution in [0.3, 0.4) is 0 Å². The van der Waals surface area contributed by atoms with Crippen molar-refractivity contribution < 1.29 is 4.92 Å². The normalized spacial score (nSPS) is 18.0. The van der Waals surface area contributed by atoms with Gasteiger partial charge in [-0.05, 0) is 57.9 Å². The molecule has 1 aliphatic heterocycles. The summed E-state index contributed by atoms with van der Waals surface area (Å²) >= 11 is 0. The van der Waals surface area contributed by atoms with E-state index < -0.39 is 0 Å². The molecule has 1 aromatic carbocycles. The monoisotopic (exact) mass is 313 g/mol. The van der Waals surface area contributed by atoms with Crippen LogP contribution in [0.1, 0.15) is 31.4 Å². The van der Waals surface area contributed by atoms with Crippen molar-refractivity contribution in [2.75, 3.05) is 26.7 Å². The van der Waals surface area contributed by atoms with Crippen LogP contribution in [0.4, 0.5) is 5.69 Å². The fraction of sp³-hybridized carbons (Fsp3) is 0.600. The van der Waals surface area contributed by atoms with Crippen LogP contribution in [0, 0.1) is 16.0 Å². The minimum Gasteiger partial charge on any atom is -0.319 e. The number of nitrogens with zero attached hydrogens (tertiary/aromatic N) is 2. The lowest BCUT2D eigenvalue weighted by Crippen LogP contribution is -2.38. The van der Waals surface area contributed by atoms with Crippen molar-refractivity contribution in [3.8, 4) is 0 Å². The summed E-state index contributed by atoms with van der Waals surface area (Å²) < 4.78 is 0. The Bertz CT molecular complexity index is 462. The Labute approximate surface area is 132 Å². The summed E-state index contributed by atoms with van der Waals surface area (Å²) in [6.07, 6.45) is 2.39. The molecule has 1 heterocycles. The number of nitrogens with one attached hydrogen (secondary N) is 1. The van der Waals surface area contributed by atoms with Gasteiger partial charge in [-0.3, -0.25) is 15.0 Å². The highest BCUT2D eigenvalue weighted by Gasteiger charge is 2.23. The van der Waals surface area contributed by atoms with Gasteiger partial charge in [-0.1, -0.05) is 12.1 Å². The lowest BCUT2D eigenvalue weighted by molar-refractivity contribution is -0.385. The molecule has 5 nitrogen and oxygen atoms in total. The number of halogens is 1. The van der Waals surface area contributed by atoms with Gasteiger partial charge in [0.1, 0.15) is 0 Å². The summed E-state index contributed by atoms with van der Waals surface area (Å²) in [5.74, 6) is 0.758. The average molecular weight is 314 g/mol. The van der Waals surface area contributed by atoms with Crippen LogP contribution in [-0.4, -0.2) is 36.5 Å². The van der Waals surface area contributed by atoms with Crippen LogP contribution < -0.4 is 5.32 Å². The zero-order valence-corrected chi connectivity index (χ0v) is 13.4. The molecule has 0 spiro atoms. The predicted octanol–water partition coefficient (Wildman–Crippen LogP) is 3.01. The molecule has 1 aliphatic rings. The van der Waals surface area contributed by atoms with Gasteiger partial charge in [0, 0.05) is 18.2 Å². The van der Waals surface area contributed by atoms with Gasteiger partial charge in [-0.15, -0.1) is 12.4 Å². The molecule has 1 N–H and O–H groups in total. The van der Waals surface area contributed by atoms with Crippen molar-refractivity contribution in [3.63, 3.8) is 0 Å². The first kappa shape index (κ1) is 17.9. The summed E-state index contributed by atoms with van der Waals surface area (Å²) in [6.45, 7) is 5.35. The van der Waals surface area contributed by atoms with E-state index >= 15 is 0 Å². The van der Waals surface area contributed by atoms with Gasteiger partial charge in [-0.25, -0.2) is 0 Å². The van der Waals surface area contributed by atoms with E-state index in [1.807, 2.05) is 13.1 Å². The van der Waals surface area contributed by atoms with E-state index in [1.54, 1.807) is 18.2 Å². The third-order valence-corrected chi connectivity index (χ3v) is 4.25. The van der Waals surface area contributed by atoms with E-state index in [2.05, 4.69) is 17.1 Å². The summed E-state index contributed by atoms with van der Waals surface area (Å²) in [6, 6.07) is 7.25. The summed E-state index contributed by atoms with van der Waals surface area (Å²) in [5, 5.41) is 14.1. The molecule has 0 bridgehead atoms. The summed E-state index contributed by atoms with van der Waals surface area (Å²) in [7, 11) is 2.00. The van der Waals surface area contributed by atoms with E-state index in [-0.39, 0.29) is 29.1 Å². The second kappa shape index (κ2) is 8.32. The van der Waals surface area contributed by atoms with Crippen molar-refractivity contribution >= 4 is 18.1 Å². The molecule has 0 saturated carbocycles. The smallest absolute Gasteiger partial charge is 0.269 e. The molecule has 1 unspecified atom stereocenters. The number of benzene rings is 1. The van der Waals surface area contributed by atoms with Crippen LogP contribution >= 0.6 is 12.4 Å². The van der Waals surface area contributed by atoms with Crippen LogP contribution in [0.15, 0.2) is 24.3 Å². The zero-order chi connectivity index (χ0) is 14.5. The highest BCUT2D eigenvalue weighted by Crippen LogP contribution is 2.28. The Balaban J connectivity index is 0.00000220. The Hall–Kier alpha value is -1.17. The molecule has 2 rings (SSSR count). The van der Waals surface area contributed by atoms with Crippen molar-refractivity contribution in [2.45, 2.75) is 25.8 Å². The number of rotatable bonds is 5. The highest BCUT2D eigenvalue weighted by atomic mass is 35.5. The topological polar surface area (TPSA) is 58.4 Å². The molecule has 0 radical (unpaired) electrons. The van der Waals surface area contributed by atoms with Crippen molar-refractivity contribution in [1.29, 1.82) is 0 Å². The molecule has 6 heteroatoms. The van der Waals surface area contributed by atoms with Crippen molar-refractivity contribution in [2.24, 2.45) is 5.92 Å². The van der Waals surface area contributed by atoms with Gasteiger partial charge in [-0.2, -0.15) is 0 Å². The van der Waals surface area contributed by atoms with E-state index in [0.717, 1.165) is 31.1 Å². The minimum atomic E-state index is -0.324. The maximum Gasteiger partial charge on any atom is 0.269 e. The number of likely N-dealkylation sites (tertiary alicyclic amines) is 1. The van der Waals surface area contributed by atoms with E-state index in [9.17, 15) is 10.1 Å². The number of hydrogen-bond donors (Lipinski definition) is 1. The molecule has 0 aromatic heterocycles. The van der Waals surface area contributed by atoms with Gasteiger partial charge < -0.3 is 5.32 Å². The van der Waals surface area contributed by atoms with Crippen LogP contribution in [0.2, 0.25) is 0 Å². The third-order valence-electron chi connectivity index (χ3n) is 4.25. The molecule has 118 valence electrons. The van der Waals surface area contributed by atoms with Crippen LogP contribution in [0.25, 0.3) is 0 Å². The average Bonchev–Trinajstić information content (AvgIpc) is 2.48. The second-order valence-corrected chi connectivity index (χ2v) is 5.57. The van der Waals surface area contributed by atoms with Gasteiger partial charge in [0.25, 0.3) is 5.69 Å². The van der Waals surface area contributed by atoms with Crippen molar-refractivity contribution in [1.82, 2.24) is 10.2 Å². The van der Waals surface area contributed by atoms with E-state index in [0.29, 0.717) is 0 Å². The SMILES string of the molecule is CNCC1CCN(C(C)c2cccc([N+](=O)[O-])c2)CC1.Cl. The fourth-order valence-corrected chi connectivity index (χ4v) is 2.94. The molecule has 21 heavy (non-hydrogen) atoms. The maximum atomic E-state index is 10.9. The maximum absolute atomic E-state index is 10.9. The molecule has 0 amide bonds. The first-order chi connectivity index (χ1) is 9.61. The summed E-state index contributed by atoms with van der Waals surface area (Å²) in [5.41, 5.74) is 1.21. The predicted molar refractivity (Wildman–Crippen MR) is 87.0 cm³/mol. The first-order valence-corrected chi connectivity index (χ1v) is 7.25. The van der Waals surface area contributed by atoms with E-state index in [1.165, 1.54) is 12.8 Å². The molecule has 1 fully saturated rings. The molecular formula is C15H24ClN3O2. The van der Waals surface area contributed by atoms with Crippen LogP contribution in [-0.2, 0) is 0 Å². The standard InChI is InChI=1S/C15H23N3O2.ClH/c1-12(14-4-3-5-15(10-14)18(19)20)17-8-6-13(7-9-17)11-16-2;/h3-5,10,12-13,16H,6-9,11H2,1-2H3;1H. The molecule has 1 aromatic rings. The second-order valence-electron chi connectivity index (χ2n) is 5.57. The number of nitro benzene ring substituents is 1. The first-order valence-electron chi connectivity index (χ1n) is 7.25. The Morgan fingerprint density at radius 3 is 2.67 bits per heavy atom. The minimum absolute atomic E-state index is 0. The number of piperidine rings is 1. The number of nitro groups is 1. The quantitative estimate of drug-likeness (QED) is 0.670. The lowest BCUT2D eigenvalue weighted by atomic mass is 9.94. The highest BCUT2D eigenvalue weighted by molar-refractivity contribution is 5.85. The number of non-ortho nitro benzene ring substituents is 1.